The number of para-hydroxylation sites is 1. The van der Waals surface area contributed by atoms with Crippen molar-refractivity contribution in [2.24, 2.45) is 5.73 Å². The zero-order valence-corrected chi connectivity index (χ0v) is 11.0. The monoisotopic (exact) mass is 250 g/mol. The second-order valence-corrected chi connectivity index (χ2v) is 5.00. The van der Waals surface area contributed by atoms with Gasteiger partial charge in [-0.2, -0.15) is 0 Å². The lowest BCUT2D eigenvalue weighted by Gasteiger charge is -2.38. The summed E-state index contributed by atoms with van der Waals surface area (Å²) in [4.78, 5) is 2.26. The van der Waals surface area contributed by atoms with Gasteiger partial charge in [0.05, 0.1) is 18.8 Å². The minimum Gasteiger partial charge on any atom is -0.394 e. The summed E-state index contributed by atoms with van der Waals surface area (Å²) in [6, 6.07) is 8.19. The molecule has 1 aromatic carbocycles. The number of aliphatic hydroxyl groups is 1. The van der Waals surface area contributed by atoms with E-state index in [0.29, 0.717) is 6.54 Å². The first-order chi connectivity index (χ1) is 8.61. The minimum atomic E-state index is -0.116. The van der Waals surface area contributed by atoms with Gasteiger partial charge < -0.3 is 20.5 Å². The molecule has 2 unspecified atom stereocenters. The van der Waals surface area contributed by atoms with E-state index in [4.69, 9.17) is 10.5 Å². The van der Waals surface area contributed by atoms with Crippen molar-refractivity contribution >= 4 is 5.69 Å². The molecule has 1 heterocycles. The maximum absolute atomic E-state index is 9.28. The second-order valence-electron chi connectivity index (χ2n) is 5.00. The Morgan fingerprint density at radius 2 is 2.17 bits per heavy atom. The molecule has 0 saturated carbocycles. The van der Waals surface area contributed by atoms with E-state index in [2.05, 4.69) is 17.0 Å². The van der Waals surface area contributed by atoms with Gasteiger partial charge >= 0.3 is 0 Å². The Bertz CT molecular complexity index is 395. The van der Waals surface area contributed by atoms with Crippen LogP contribution in [0.15, 0.2) is 24.3 Å². The lowest BCUT2D eigenvalue weighted by Crippen LogP contribution is -2.48. The van der Waals surface area contributed by atoms with E-state index in [9.17, 15) is 5.11 Å². The third-order valence-electron chi connectivity index (χ3n) is 3.30. The molecule has 1 aliphatic heterocycles. The van der Waals surface area contributed by atoms with Gasteiger partial charge in [-0.3, -0.25) is 0 Å². The first-order valence-corrected chi connectivity index (χ1v) is 6.47. The van der Waals surface area contributed by atoms with Crippen LogP contribution in [0.2, 0.25) is 0 Å². The van der Waals surface area contributed by atoms with Gasteiger partial charge in [-0.15, -0.1) is 0 Å². The number of nitrogens with two attached hydrogens (primary N) is 1. The molecule has 0 aliphatic carbocycles. The van der Waals surface area contributed by atoms with Gasteiger partial charge in [0.2, 0.25) is 0 Å². The van der Waals surface area contributed by atoms with Crippen LogP contribution in [0, 0.1) is 0 Å². The quantitative estimate of drug-likeness (QED) is 0.849. The first-order valence-electron chi connectivity index (χ1n) is 6.47. The average Bonchev–Trinajstić information content (AvgIpc) is 2.38. The predicted octanol–water partition coefficient (Wildman–Crippen LogP) is 1.29. The second kappa shape index (κ2) is 5.69. The molecule has 1 saturated heterocycles. The Morgan fingerprint density at radius 3 is 2.83 bits per heavy atom. The zero-order valence-electron chi connectivity index (χ0n) is 11.0. The summed E-state index contributed by atoms with van der Waals surface area (Å²) < 4.78 is 5.66. The third-order valence-corrected chi connectivity index (χ3v) is 3.30. The van der Waals surface area contributed by atoms with E-state index >= 15 is 0 Å². The van der Waals surface area contributed by atoms with Gasteiger partial charge in [-0.1, -0.05) is 18.2 Å². The summed E-state index contributed by atoms with van der Waals surface area (Å²) in [5.41, 5.74) is 8.31. The van der Waals surface area contributed by atoms with E-state index in [1.54, 1.807) is 0 Å². The Balaban J connectivity index is 2.25. The van der Waals surface area contributed by atoms with Gasteiger partial charge in [0, 0.05) is 24.8 Å². The van der Waals surface area contributed by atoms with E-state index in [1.807, 2.05) is 26.0 Å². The van der Waals surface area contributed by atoms with Crippen molar-refractivity contribution in [3.8, 4) is 0 Å². The highest BCUT2D eigenvalue weighted by Crippen LogP contribution is 2.27. The molecule has 2 rings (SSSR count). The molecule has 1 fully saturated rings. The summed E-state index contributed by atoms with van der Waals surface area (Å²) in [6.07, 6.45) is 0.00641. The Labute approximate surface area is 108 Å². The first kappa shape index (κ1) is 13.3. The standard InChI is InChI=1S/C14H22N2O2/c1-10-7-16(8-12(9-17)18-10)14-6-4-3-5-13(14)11(2)15/h3-6,10-12,17H,7-9,15H2,1-2H3/t10?,11-,12?/m0/s1. The van der Waals surface area contributed by atoms with Crippen LogP contribution >= 0.6 is 0 Å². The largest absolute Gasteiger partial charge is 0.394 e. The van der Waals surface area contributed by atoms with Crippen LogP contribution in [0.5, 0.6) is 0 Å². The molecule has 0 spiro atoms. The maximum atomic E-state index is 9.28. The summed E-state index contributed by atoms with van der Waals surface area (Å²) in [6.45, 7) is 5.63. The topological polar surface area (TPSA) is 58.7 Å². The summed E-state index contributed by atoms with van der Waals surface area (Å²) in [7, 11) is 0. The summed E-state index contributed by atoms with van der Waals surface area (Å²) in [5, 5.41) is 9.28. The highest BCUT2D eigenvalue weighted by Gasteiger charge is 2.26. The number of benzene rings is 1. The number of rotatable bonds is 3. The van der Waals surface area contributed by atoms with Gasteiger partial charge in [0.1, 0.15) is 0 Å². The Morgan fingerprint density at radius 1 is 1.44 bits per heavy atom. The summed E-state index contributed by atoms with van der Waals surface area (Å²) >= 11 is 0. The molecule has 1 aromatic rings. The van der Waals surface area contributed by atoms with Gasteiger partial charge in [-0.25, -0.2) is 0 Å². The van der Waals surface area contributed by atoms with E-state index in [-0.39, 0.29) is 24.9 Å². The fourth-order valence-corrected chi connectivity index (χ4v) is 2.50. The van der Waals surface area contributed by atoms with Crippen molar-refractivity contribution in [1.82, 2.24) is 0 Å². The predicted molar refractivity (Wildman–Crippen MR) is 72.7 cm³/mol. The molecule has 3 N–H and O–H groups in total. The number of hydrogen-bond acceptors (Lipinski definition) is 4. The van der Waals surface area contributed by atoms with Gasteiger partial charge in [-0.05, 0) is 25.5 Å². The highest BCUT2D eigenvalue weighted by molar-refractivity contribution is 5.55. The molecule has 18 heavy (non-hydrogen) atoms. The SMILES string of the molecule is CC1CN(c2ccccc2[C@H](C)N)CC(CO)O1. The number of hydrogen-bond donors (Lipinski definition) is 2. The smallest absolute Gasteiger partial charge is 0.0984 e. The van der Waals surface area contributed by atoms with E-state index < -0.39 is 0 Å². The van der Waals surface area contributed by atoms with Gasteiger partial charge in [0.25, 0.3) is 0 Å². The number of morpholine rings is 1. The van der Waals surface area contributed by atoms with Crippen molar-refractivity contribution < 1.29 is 9.84 Å². The molecular formula is C14H22N2O2. The van der Waals surface area contributed by atoms with Crippen molar-refractivity contribution in [3.63, 3.8) is 0 Å². The van der Waals surface area contributed by atoms with Crippen LogP contribution in [0.3, 0.4) is 0 Å². The van der Waals surface area contributed by atoms with Crippen molar-refractivity contribution in [1.29, 1.82) is 0 Å². The third kappa shape index (κ3) is 2.83. The van der Waals surface area contributed by atoms with E-state index in [0.717, 1.165) is 17.8 Å². The van der Waals surface area contributed by atoms with Crippen LogP contribution in [0.1, 0.15) is 25.5 Å². The molecule has 3 atom stereocenters. The van der Waals surface area contributed by atoms with Gasteiger partial charge in [0.15, 0.2) is 0 Å². The van der Waals surface area contributed by atoms with Crippen molar-refractivity contribution in [3.05, 3.63) is 29.8 Å². The normalized spacial score (nSPS) is 26.1. The molecule has 0 amide bonds. The number of anilines is 1. The van der Waals surface area contributed by atoms with E-state index in [1.165, 1.54) is 0 Å². The number of nitrogens with zero attached hydrogens (tertiary/aromatic N) is 1. The van der Waals surface area contributed by atoms with Crippen molar-refractivity contribution in [2.45, 2.75) is 32.1 Å². The molecule has 0 radical (unpaired) electrons. The Kier molecular flexibility index (Phi) is 4.22. The van der Waals surface area contributed by atoms with Crippen LogP contribution in [0.4, 0.5) is 5.69 Å². The fourth-order valence-electron chi connectivity index (χ4n) is 2.50. The van der Waals surface area contributed by atoms with Crippen LogP contribution in [-0.4, -0.2) is 37.0 Å². The summed E-state index contributed by atoms with van der Waals surface area (Å²) in [5.74, 6) is 0. The number of ether oxygens (including phenoxy) is 1. The lowest BCUT2D eigenvalue weighted by atomic mass is 10.0. The molecule has 0 aromatic heterocycles. The molecule has 4 nitrogen and oxygen atoms in total. The fraction of sp³-hybridized carbons (Fsp3) is 0.571. The molecule has 4 heteroatoms. The average molecular weight is 250 g/mol. The van der Waals surface area contributed by atoms with Crippen molar-refractivity contribution in [2.75, 3.05) is 24.6 Å². The molecular weight excluding hydrogens is 228 g/mol. The zero-order chi connectivity index (χ0) is 13.1. The Hall–Kier alpha value is -1.10. The van der Waals surface area contributed by atoms with Crippen LogP contribution in [0.25, 0.3) is 0 Å². The molecule has 100 valence electrons. The molecule has 0 bridgehead atoms. The van der Waals surface area contributed by atoms with Crippen LogP contribution < -0.4 is 10.6 Å². The molecule has 1 aliphatic rings. The maximum Gasteiger partial charge on any atom is 0.0984 e. The minimum absolute atomic E-state index is 0.00641. The highest BCUT2D eigenvalue weighted by atomic mass is 16.5. The lowest BCUT2D eigenvalue weighted by molar-refractivity contribution is -0.0421. The van der Waals surface area contributed by atoms with Crippen LogP contribution in [-0.2, 0) is 4.74 Å². The number of aliphatic hydroxyl groups excluding tert-OH is 1.